The van der Waals surface area contributed by atoms with Crippen LogP contribution in [0, 0.1) is 0 Å². The molecule has 0 spiro atoms. The van der Waals surface area contributed by atoms with Gasteiger partial charge in [0.2, 0.25) is 6.29 Å². The van der Waals surface area contributed by atoms with Crippen molar-refractivity contribution in [3.8, 4) is 0 Å². The van der Waals surface area contributed by atoms with E-state index in [2.05, 4.69) is 4.74 Å². The van der Waals surface area contributed by atoms with E-state index in [1.807, 2.05) is 0 Å². The molecular formula is C9H16O5. The highest BCUT2D eigenvalue weighted by molar-refractivity contribution is 5.70. The lowest BCUT2D eigenvalue weighted by molar-refractivity contribution is -0.184. The fraction of sp³-hybridized carbons (Fsp3) is 0.778. The van der Waals surface area contributed by atoms with Crippen molar-refractivity contribution < 1.29 is 23.8 Å². The summed E-state index contributed by atoms with van der Waals surface area (Å²) in [6.45, 7) is 4.48. The van der Waals surface area contributed by atoms with E-state index in [-0.39, 0.29) is 12.5 Å². The molecule has 0 aromatic rings. The highest BCUT2D eigenvalue weighted by atomic mass is 16.7. The topological polar surface area (TPSA) is 61.8 Å². The van der Waals surface area contributed by atoms with Gasteiger partial charge in [-0.3, -0.25) is 9.59 Å². The minimum Gasteiger partial charge on any atom is -0.426 e. The minimum absolute atomic E-state index is 0.141. The molecule has 0 aromatic heterocycles. The molecule has 0 rings (SSSR count). The van der Waals surface area contributed by atoms with Crippen LogP contribution in [0.5, 0.6) is 0 Å². The Bertz CT molecular complexity index is 201. The highest BCUT2D eigenvalue weighted by Crippen LogP contribution is 2.01. The summed E-state index contributed by atoms with van der Waals surface area (Å²) in [6, 6.07) is 0. The molecule has 0 aromatic carbocycles. The second-order valence-electron chi connectivity index (χ2n) is 2.92. The number of hydrogen-bond acceptors (Lipinski definition) is 5. The molecule has 0 amide bonds. The first-order valence-corrected chi connectivity index (χ1v) is 4.35. The summed E-state index contributed by atoms with van der Waals surface area (Å²) < 4.78 is 14.3. The van der Waals surface area contributed by atoms with Crippen LogP contribution < -0.4 is 0 Å². The lowest BCUT2D eigenvalue weighted by Crippen LogP contribution is -2.23. The van der Waals surface area contributed by atoms with Crippen LogP contribution >= 0.6 is 0 Å². The SMILES string of the molecule is COC(C)CC(=O)OC(C)OC(C)=O. The average Bonchev–Trinajstić information content (AvgIpc) is 2.01. The Morgan fingerprint density at radius 2 is 1.79 bits per heavy atom. The summed E-state index contributed by atoms with van der Waals surface area (Å²) in [5.41, 5.74) is 0. The van der Waals surface area contributed by atoms with Crippen molar-refractivity contribution in [2.24, 2.45) is 0 Å². The third-order valence-electron chi connectivity index (χ3n) is 1.49. The van der Waals surface area contributed by atoms with Gasteiger partial charge in [0.25, 0.3) is 0 Å². The third-order valence-corrected chi connectivity index (χ3v) is 1.49. The Kier molecular flexibility index (Phi) is 5.87. The Labute approximate surface area is 83.3 Å². The number of rotatable bonds is 5. The van der Waals surface area contributed by atoms with Crippen molar-refractivity contribution in [3.05, 3.63) is 0 Å². The lowest BCUT2D eigenvalue weighted by atomic mass is 10.3. The molecule has 0 bridgehead atoms. The number of carbonyl (C=O) groups is 2. The first kappa shape index (κ1) is 12.9. The van der Waals surface area contributed by atoms with Gasteiger partial charge in [-0.25, -0.2) is 0 Å². The van der Waals surface area contributed by atoms with Gasteiger partial charge in [-0.1, -0.05) is 0 Å². The van der Waals surface area contributed by atoms with Crippen LogP contribution in [0.4, 0.5) is 0 Å². The highest BCUT2D eigenvalue weighted by Gasteiger charge is 2.14. The van der Waals surface area contributed by atoms with Crippen molar-refractivity contribution in [2.75, 3.05) is 7.11 Å². The molecule has 0 radical (unpaired) electrons. The molecule has 0 N–H and O–H groups in total. The van der Waals surface area contributed by atoms with Crippen molar-refractivity contribution in [2.45, 2.75) is 39.6 Å². The predicted molar refractivity (Wildman–Crippen MR) is 48.4 cm³/mol. The largest absolute Gasteiger partial charge is 0.426 e. The molecule has 0 aliphatic rings. The maximum Gasteiger partial charge on any atom is 0.311 e. The Morgan fingerprint density at radius 1 is 1.21 bits per heavy atom. The van der Waals surface area contributed by atoms with Gasteiger partial charge in [-0.05, 0) is 6.92 Å². The molecule has 5 heteroatoms. The first-order valence-electron chi connectivity index (χ1n) is 4.35. The molecule has 0 saturated heterocycles. The van der Waals surface area contributed by atoms with Crippen LogP contribution in [-0.4, -0.2) is 31.4 Å². The number of hydrogen-bond donors (Lipinski definition) is 0. The molecule has 0 heterocycles. The van der Waals surface area contributed by atoms with Crippen molar-refractivity contribution in [1.82, 2.24) is 0 Å². The van der Waals surface area contributed by atoms with Gasteiger partial charge in [-0.2, -0.15) is 0 Å². The summed E-state index contributed by atoms with van der Waals surface area (Å²) >= 11 is 0. The zero-order chi connectivity index (χ0) is 11.1. The Hall–Kier alpha value is -1.10. The van der Waals surface area contributed by atoms with E-state index in [9.17, 15) is 9.59 Å². The van der Waals surface area contributed by atoms with Crippen LogP contribution in [0.15, 0.2) is 0 Å². The van der Waals surface area contributed by atoms with Gasteiger partial charge in [0.05, 0.1) is 12.5 Å². The van der Waals surface area contributed by atoms with Crippen LogP contribution in [0.1, 0.15) is 27.2 Å². The molecule has 82 valence electrons. The molecule has 5 nitrogen and oxygen atoms in total. The quantitative estimate of drug-likeness (QED) is 0.491. The van der Waals surface area contributed by atoms with E-state index in [0.717, 1.165) is 0 Å². The van der Waals surface area contributed by atoms with Crippen LogP contribution in [0.2, 0.25) is 0 Å². The van der Waals surface area contributed by atoms with E-state index in [4.69, 9.17) is 9.47 Å². The smallest absolute Gasteiger partial charge is 0.311 e. The molecule has 2 unspecified atom stereocenters. The maximum absolute atomic E-state index is 11.1. The van der Waals surface area contributed by atoms with Crippen molar-refractivity contribution >= 4 is 11.9 Å². The summed E-state index contributed by atoms with van der Waals surface area (Å²) in [6.07, 6.45) is -0.904. The minimum atomic E-state index is -0.843. The number of esters is 2. The third kappa shape index (κ3) is 6.42. The zero-order valence-electron chi connectivity index (χ0n) is 8.90. The fourth-order valence-corrected chi connectivity index (χ4v) is 0.809. The Morgan fingerprint density at radius 3 is 2.21 bits per heavy atom. The lowest BCUT2D eigenvalue weighted by Gasteiger charge is -2.14. The Balaban J connectivity index is 3.76. The fourth-order valence-electron chi connectivity index (χ4n) is 0.809. The molecule has 2 atom stereocenters. The number of ether oxygens (including phenoxy) is 3. The van der Waals surface area contributed by atoms with Crippen LogP contribution in [0.25, 0.3) is 0 Å². The number of carbonyl (C=O) groups excluding carboxylic acids is 2. The summed E-state index contributed by atoms with van der Waals surface area (Å²) in [4.78, 5) is 21.6. The second kappa shape index (κ2) is 6.37. The van der Waals surface area contributed by atoms with E-state index < -0.39 is 18.2 Å². The first-order chi connectivity index (χ1) is 6.45. The standard InChI is InChI=1S/C9H16O5/c1-6(12-4)5-9(11)14-8(3)13-7(2)10/h6,8H,5H2,1-4H3. The van der Waals surface area contributed by atoms with Gasteiger partial charge >= 0.3 is 11.9 Å². The summed E-state index contributed by atoms with van der Waals surface area (Å²) in [5.74, 6) is -0.932. The van der Waals surface area contributed by atoms with Gasteiger partial charge in [-0.15, -0.1) is 0 Å². The van der Waals surface area contributed by atoms with Crippen LogP contribution in [-0.2, 0) is 23.8 Å². The van der Waals surface area contributed by atoms with Crippen LogP contribution in [0.3, 0.4) is 0 Å². The molecule has 0 aliphatic carbocycles. The van der Waals surface area contributed by atoms with E-state index in [1.54, 1.807) is 6.92 Å². The average molecular weight is 204 g/mol. The normalized spacial score (nSPS) is 14.3. The van der Waals surface area contributed by atoms with E-state index in [1.165, 1.54) is 21.0 Å². The van der Waals surface area contributed by atoms with E-state index >= 15 is 0 Å². The van der Waals surface area contributed by atoms with Gasteiger partial charge < -0.3 is 14.2 Å². The number of methoxy groups -OCH3 is 1. The molecule has 0 saturated carbocycles. The maximum atomic E-state index is 11.1. The molecular weight excluding hydrogens is 188 g/mol. The van der Waals surface area contributed by atoms with Gasteiger partial charge in [0, 0.05) is 21.0 Å². The van der Waals surface area contributed by atoms with Crippen molar-refractivity contribution in [3.63, 3.8) is 0 Å². The summed E-state index contributed by atoms with van der Waals surface area (Å²) in [7, 11) is 1.51. The molecule has 14 heavy (non-hydrogen) atoms. The second-order valence-corrected chi connectivity index (χ2v) is 2.92. The van der Waals surface area contributed by atoms with Gasteiger partial charge in [0.15, 0.2) is 0 Å². The predicted octanol–water partition coefficient (Wildman–Crippen LogP) is 0.864. The summed E-state index contributed by atoms with van der Waals surface area (Å²) in [5, 5.41) is 0. The zero-order valence-corrected chi connectivity index (χ0v) is 8.90. The van der Waals surface area contributed by atoms with Crippen molar-refractivity contribution in [1.29, 1.82) is 0 Å². The molecule has 0 fully saturated rings. The van der Waals surface area contributed by atoms with E-state index in [0.29, 0.717) is 0 Å². The van der Waals surface area contributed by atoms with Gasteiger partial charge in [0.1, 0.15) is 0 Å². The molecule has 0 aliphatic heterocycles. The monoisotopic (exact) mass is 204 g/mol.